The fraction of sp³-hybridized carbons (Fsp3) is 0.0455. The number of furan rings is 1. The molecule has 0 spiro atoms. The minimum absolute atomic E-state index is 0.924. The van der Waals surface area contributed by atoms with E-state index < -0.39 is 0 Å². The molecule has 9 rings (SSSR count). The Kier molecular flexibility index (Phi) is 6.02. The monoisotopic (exact) mass is 574 g/mol. The lowest BCUT2D eigenvalue weighted by Gasteiger charge is -2.21. The van der Waals surface area contributed by atoms with Crippen molar-refractivity contribution in [2.24, 2.45) is 0 Å². The molecule has 1 heteroatoms. The Morgan fingerprint density at radius 2 is 0.978 bits per heavy atom. The van der Waals surface area contributed by atoms with E-state index in [0.717, 1.165) is 34.8 Å². The van der Waals surface area contributed by atoms with Gasteiger partial charge in [0.15, 0.2) is 0 Å². The smallest absolute Gasteiger partial charge is 0.135 e. The molecule has 8 aromatic rings. The lowest BCUT2D eigenvalue weighted by Crippen LogP contribution is -1.95. The van der Waals surface area contributed by atoms with E-state index in [1.807, 2.05) is 12.1 Å². The molecule has 0 fully saturated rings. The molecule has 0 saturated carbocycles. The van der Waals surface area contributed by atoms with E-state index in [1.165, 1.54) is 66.1 Å². The van der Waals surface area contributed by atoms with E-state index in [2.05, 4.69) is 146 Å². The zero-order chi connectivity index (χ0) is 29.7. The molecule has 0 radical (unpaired) electrons. The predicted octanol–water partition coefficient (Wildman–Crippen LogP) is 12.6. The second-order valence-electron chi connectivity index (χ2n) is 11.9. The summed E-state index contributed by atoms with van der Waals surface area (Å²) < 4.78 is 6.08. The van der Waals surface area contributed by atoms with Gasteiger partial charge in [-0.2, -0.15) is 0 Å². The van der Waals surface area contributed by atoms with Crippen molar-refractivity contribution in [2.75, 3.05) is 0 Å². The van der Waals surface area contributed by atoms with Crippen LogP contribution in [-0.2, 0) is 0 Å². The first-order valence-electron chi connectivity index (χ1n) is 15.7. The van der Waals surface area contributed by atoms with Gasteiger partial charge < -0.3 is 4.42 Å². The average molecular weight is 575 g/mol. The summed E-state index contributed by atoms with van der Waals surface area (Å²) in [6.45, 7) is 0. The molecule has 1 heterocycles. The van der Waals surface area contributed by atoms with Gasteiger partial charge in [0.05, 0.1) is 0 Å². The molecule has 0 N–H and O–H groups in total. The fourth-order valence-electron chi connectivity index (χ4n) is 7.27. The molecule has 0 bridgehead atoms. The van der Waals surface area contributed by atoms with Crippen molar-refractivity contribution < 1.29 is 4.42 Å². The van der Waals surface area contributed by atoms with Gasteiger partial charge in [-0.05, 0) is 97.1 Å². The van der Waals surface area contributed by atoms with Gasteiger partial charge in [0.2, 0.25) is 0 Å². The molecule has 212 valence electrons. The van der Waals surface area contributed by atoms with Crippen LogP contribution in [0.4, 0.5) is 0 Å². The van der Waals surface area contributed by atoms with Crippen LogP contribution < -0.4 is 0 Å². The third-order valence-corrected chi connectivity index (χ3v) is 9.37. The molecule has 0 saturated heterocycles. The molecule has 0 amide bonds. The van der Waals surface area contributed by atoms with Crippen LogP contribution in [0.5, 0.6) is 0 Å². The van der Waals surface area contributed by atoms with Crippen molar-refractivity contribution in [1.82, 2.24) is 0 Å². The standard InChI is InChI=1S/C44H30O/c1-2-12-30(13-3-1)33-14-4-5-16-35(33)44-38-19-8-6-17-36(38)43(37-18-7-9-20-39(37)44)31-24-22-29(23-25-31)32-26-27-42-40(28-32)34-15-10-11-21-41(34)45-42/h1-2,4-12,14-28H,3,13H2. The first-order valence-corrected chi connectivity index (χ1v) is 15.7. The minimum atomic E-state index is 0.924. The highest BCUT2D eigenvalue weighted by Crippen LogP contribution is 2.46. The van der Waals surface area contributed by atoms with Gasteiger partial charge >= 0.3 is 0 Å². The van der Waals surface area contributed by atoms with Crippen LogP contribution in [0.15, 0.2) is 162 Å². The van der Waals surface area contributed by atoms with Gasteiger partial charge in [-0.3, -0.25) is 0 Å². The van der Waals surface area contributed by atoms with Crippen LogP contribution in [-0.4, -0.2) is 0 Å². The van der Waals surface area contributed by atoms with Gasteiger partial charge in [0, 0.05) is 10.8 Å². The molecule has 0 aliphatic heterocycles. The Hall–Kier alpha value is -5.66. The maximum absolute atomic E-state index is 6.08. The van der Waals surface area contributed by atoms with Crippen LogP contribution in [0.3, 0.4) is 0 Å². The van der Waals surface area contributed by atoms with Crippen LogP contribution in [0.25, 0.3) is 82.4 Å². The second kappa shape index (κ2) is 10.5. The highest BCUT2D eigenvalue weighted by Gasteiger charge is 2.19. The maximum Gasteiger partial charge on any atom is 0.135 e. The Bertz CT molecular complexity index is 2410. The summed E-state index contributed by atoms with van der Waals surface area (Å²) in [6, 6.07) is 50.7. The molecule has 0 unspecified atom stereocenters. The van der Waals surface area contributed by atoms with E-state index in [4.69, 9.17) is 4.42 Å². The highest BCUT2D eigenvalue weighted by atomic mass is 16.3. The van der Waals surface area contributed by atoms with Crippen LogP contribution >= 0.6 is 0 Å². The summed E-state index contributed by atoms with van der Waals surface area (Å²) in [7, 11) is 0. The highest BCUT2D eigenvalue weighted by molar-refractivity contribution is 6.22. The van der Waals surface area contributed by atoms with Gasteiger partial charge in [-0.1, -0.05) is 140 Å². The lowest BCUT2D eigenvalue weighted by atomic mass is 9.83. The normalized spacial score (nSPS) is 13.2. The first-order chi connectivity index (χ1) is 22.3. The van der Waals surface area contributed by atoms with Crippen molar-refractivity contribution in [2.45, 2.75) is 12.8 Å². The SMILES string of the molecule is C1=CCCC(c2ccccc2-c2c3ccccc3c(-c3ccc(-c4ccc5oc6ccccc6c5c4)cc3)c3ccccc23)=C1. The van der Waals surface area contributed by atoms with E-state index >= 15 is 0 Å². The Morgan fingerprint density at radius 1 is 0.422 bits per heavy atom. The third kappa shape index (κ3) is 4.24. The summed E-state index contributed by atoms with van der Waals surface area (Å²) in [5.74, 6) is 0. The molecule has 1 nitrogen and oxygen atoms in total. The van der Waals surface area contributed by atoms with Gasteiger partial charge in [-0.25, -0.2) is 0 Å². The Labute approximate surface area is 262 Å². The van der Waals surface area contributed by atoms with Gasteiger partial charge in [0.25, 0.3) is 0 Å². The van der Waals surface area contributed by atoms with Crippen LogP contribution in [0.1, 0.15) is 18.4 Å². The molecule has 1 aliphatic rings. The number of hydrogen-bond donors (Lipinski definition) is 0. The number of fused-ring (bicyclic) bond motifs is 5. The largest absolute Gasteiger partial charge is 0.456 e. The summed E-state index contributed by atoms with van der Waals surface area (Å²) in [5.41, 5.74) is 12.1. The molecule has 1 aliphatic carbocycles. The molecule has 45 heavy (non-hydrogen) atoms. The number of hydrogen-bond acceptors (Lipinski definition) is 1. The van der Waals surface area contributed by atoms with E-state index in [0.29, 0.717) is 0 Å². The quantitative estimate of drug-likeness (QED) is 0.191. The number of benzene rings is 7. The summed E-state index contributed by atoms with van der Waals surface area (Å²) in [4.78, 5) is 0. The van der Waals surface area contributed by atoms with Crippen molar-refractivity contribution in [3.8, 4) is 33.4 Å². The Balaban J connectivity index is 1.22. The number of allylic oxidation sites excluding steroid dienone is 4. The minimum Gasteiger partial charge on any atom is -0.456 e. The molecule has 0 atom stereocenters. The fourth-order valence-corrected chi connectivity index (χ4v) is 7.27. The van der Waals surface area contributed by atoms with Crippen molar-refractivity contribution >= 4 is 49.1 Å². The van der Waals surface area contributed by atoms with E-state index in [1.54, 1.807) is 0 Å². The molecule has 7 aromatic carbocycles. The molecular formula is C44H30O. The molecular weight excluding hydrogens is 544 g/mol. The number of rotatable bonds is 4. The van der Waals surface area contributed by atoms with E-state index in [-0.39, 0.29) is 0 Å². The van der Waals surface area contributed by atoms with Crippen molar-refractivity contribution in [3.05, 3.63) is 163 Å². The summed E-state index contributed by atoms with van der Waals surface area (Å²) >= 11 is 0. The topological polar surface area (TPSA) is 13.1 Å². The Morgan fingerprint density at radius 3 is 1.67 bits per heavy atom. The van der Waals surface area contributed by atoms with Gasteiger partial charge in [0.1, 0.15) is 11.2 Å². The van der Waals surface area contributed by atoms with Crippen molar-refractivity contribution in [1.29, 1.82) is 0 Å². The third-order valence-electron chi connectivity index (χ3n) is 9.37. The first kappa shape index (κ1) is 25.8. The second-order valence-corrected chi connectivity index (χ2v) is 11.9. The lowest BCUT2D eigenvalue weighted by molar-refractivity contribution is 0.669. The molecule has 1 aromatic heterocycles. The van der Waals surface area contributed by atoms with Crippen molar-refractivity contribution in [3.63, 3.8) is 0 Å². The summed E-state index contributed by atoms with van der Waals surface area (Å²) in [6.07, 6.45) is 8.90. The number of para-hydroxylation sites is 1. The van der Waals surface area contributed by atoms with Crippen LogP contribution in [0.2, 0.25) is 0 Å². The maximum atomic E-state index is 6.08. The van der Waals surface area contributed by atoms with Crippen LogP contribution in [0, 0.1) is 0 Å². The zero-order valence-corrected chi connectivity index (χ0v) is 24.8. The van der Waals surface area contributed by atoms with Gasteiger partial charge in [-0.15, -0.1) is 0 Å². The zero-order valence-electron chi connectivity index (χ0n) is 24.8. The average Bonchev–Trinajstić information content (AvgIpc) is 3.49. The summed E-state index contributed by atoms with van der Waals surface area (Å²) in [5, 5.41) is 7.43. The predicted molar refractivity (Wildman–Crippen MR) is 191 cm³/mol. The van der Waals surface area contributed by atoms with E-state index in [9.17, 15) is 0 Å².